The highest BCUT2D eigenvalue weighted by Crippen LogP contribution is 2.30. The topological polar surface area (TPSA) is 105 Å². The van der Waals surface area contributed by atoms with Gasteiger partial charge in [0.05, 0.1) is 12.0 Å². The van der Waals surface area contributed by atoms with Gasteiger partial charge in [0.2, 0.25) is 21.8 Å². The molecule has 1 aliphatic rings. The van der Waals surface area contributed by atoms with Crippen molar-refractivity contribution < 1.29 is 22.7 Å². The molecule has 1 heterocycles. The highest BCUT2D eigenvalue weighted by Gasteiger charge is 2.29. The molecule has 0 aliphatic carbocycles. The van der Waals surface area contributed by atoms with Gasteiger partial charge in [0, 0.05) is 25.7 Å². The van der Waals surface area contributed by atoms with E-state index in [9.17, 15) is 18.0 Å². The summed E-state index contributed by atoms with van der Waals surface area (Å²) in [6.45, 7) is 6.14. The van der Waals surface area contributed by atoms with Crippen LogP contribution >= 0.6 is 0 Å². The number of nitrogens with one attached hydrogen (secondary N) is 2. The Kier molecular flexibility index (Phi) is 7.76. The van der Waals surface area contributed by atoms with Crippen LogP contribution in [0.15, 0.2) is 47.4 Å². The number of methoxy groups -OCH3 is 1. The standard InChI is InChI=1S/C24H31N3O5S/c1-16(2)12-22(24(29)25-15-18-6-5-7-20(13-18)32-4)26-33(30,31)21-8-9-23-19(14-21)10-11-27(23)17(3)28/h5-9,13-14,16,22,26H,10-12,15H2,1-4H3,(H,25,29). The predicted molar refractivity (Wildman–Crippen MR) is 127 cm³/mol. The summed E-state index contributed by atoms with van der Waals surface area (Å²) < 4.78 is 34.0. The third kappa shape index (κ3) is 6.11. The maximum atomic E-state index is 13.1. The Balaban J connectivity index is 1.74. The highest BCUT2D eigenvalue weighted by atomic mass is 32.2. The normalized spacial score (nSPS) is 14.2. The van der Waals surface area contributed by atoms with Crippen molar-refractivity contribution in [3.63, 3.8) is 0 Å². The molecule has 33 heavy (non-hydrogen) atoms. The number of rotatable bonds is 9. The Morgan fingerprint density at radius 1 is 1.15 bits per heavy atom. The van der Waals surface area contributed by atoms with Crippen molar-refractivity contribution >= 4 is 27.5 Å². The van der Waals surface area contributed by atoms with Crippen molar-refractivity contribution in [3.8, 4) is 5.75 Å². The number of anilines is 1. The van der Waals surface area contributed by atoms with Crippen LogP contribution in [0.2, 0.25) is 0 Å². The van der Waals surface area contributed by atoms with Crippen LogP contribution in [-0.2, 0) is 32.6 Å². The van der Waals surface area contributed by atoms with Gasteiger partial charge >= 0.3 is 0 Å². The van der Waals surface area contributed by atoms with Gasteiger partial charge < -0.3 is 15.0 Å². The zero-order chi connectivity index (χ0) is 24.2. The smallest absolute Gasteiger partial charge is 0.241 e. The first-order chi connectivity index (χ1) is 15.6. The molecule has 0 spiro atoms. The molecule has 0 bridgehead atoms. The van der Waals surface area contributed by atoms with Gasteiger partial charge in [-0.05, 0) is 60.2 Å². The van der Waals surface area contributed by atoms with E-state index < -0.39 is 16.1 Å². The van der Waals surface area contributed by atoms with Gasteiger partial charge in [-0.1, -0.05) is 26.0 Å². The van der Waals surface area contributed by atoms with E-state index in [1.165, 1.54) is 13.0 Å². The largest absolute Gasteiger partial charge is 0.497 e. The molecule has 3 rings (SSSR count). The van der Waals surface area contributed by atoms with Crippen molar-refractivity contribution in [2.75, 3.05) is 18.6 Å². The SMILES string of the molecule is COc1cccc(CNC(=O)C(CC(C)C)NS(=O)(=O)c2ccc3c(c2)CCN3C(C)=O)c1. The van der Waals surface area contributed by atoms with Crippen molar-refractivity contribution in [2.24, 2.45) is 5.92 Å². The van der Waals surface area contributed by atoms with E-state index in [4.69, 9.17) is 4.74 Å². The third-order valence-electron chi connectivity index (χ3n) is 5.56. The molecule has 0 saturated heterocycles. The van der Waals surface area contributed by atoms with E-state index in [2.05, 4.69) is 10.0 Å². The Morgan fingerprint density at radius 3 is 2.58 bits per heavy atom. The number of amides is 2. The summed E-state index contributed by atoms with van der Waals surface area (Å²) in [6.07, 6.45) is 0.945. The minimum absolute atomic E-state index is 0.0767. The molecule has 1 atom stereocenters. The minimum Gasteiger partial charge on any atom is -0.497 e. The van der Waals surface area contributed by atoms with Crippen molar-refractivity contribution in [2.45, 2.75) is 51.1 Å². The summed E-state index contributed by atoms with van der Waals surface area (Å²) in [4.78, 5) is 26.4. The van der Waals surface area contributed by atoms with Gasteiger partial charge in [0.1, 0.15) is 11.8 Å². The number of carbonyl (C=O) groups excluding carboxylic acids is 2. The molecule has 0 radical (unpaired) electrons. The van der Waals surface area contributed by atoms with Crippen LogP contribution in [-0.4, -0.2) is 39.9 Å². The van der Waals surface area contributed by atoms with Crippen LogP contribution in [0.25, 0.3) is 0 Å². The second-order valence-corrected chi connectivity index (χ2v) is 10.3. The van der Waals surface area contributed by atoms with Gasteiger partial charge in [-0.2, -0.15) is 4.72 Å². The lowest BCUT2D eigenvalue weighted by atomic mass is 10.0. The summed E-state index contributed by atoms with van der Waals surface area (Å²) in [5.41, 5.74) is 2.38. The molecule has 2 aromatic rings. The summed E-state index contributed by atoms with van der Waals surface area (Å²) in [5, 5.41) is 2.82. The summed E-state index contributed by atoms with van der Waals surface area (Å²) in [7, 11) is -2.37. The molecule has 2 N–H and O–H groups in total. The number of ether oxygens (including phenoxy) is 1. The maximum Gasteiger partial charge on any atom is 0.241 e. The quantitative estimate of drug-likeness (QED) is 0.583. The summed E-state index contributed by atoms with van der Waals surface area (Å²) >= 11 is 0. The number of sulfonamides is 1. The number of hydrogen-bond acceptors (Lipinski definition) is 5. The molecule has 0 fully saturated rings. The van der Waals surface area contributed by atoms with E-state index in [1.54, 1.807) is 24.1 Å². The van der Waals surface area contributed by atoms with Gasteiger partial charge in [0.15, 0.2) is 0 Å². The van der Waals surface area contributed by atoms with Crippen LogP contribution < -0.4 is 19.7 Å². The minimum atomic E-state index is -3.94. The van der Waals surface area contributed by atoms with Crippen LogP contribution in [0, 0.1) is 5.92 Å². The van der Waals surface area contributed by atoms with Crippen LogP contribution in [0.4, 0.5) is 5.69 Å². The molecule has 178 valence electrons. The fraction of sp³-hybridized carbons (Fsp3) is 0.417. The van der Waals surface area contributed by atoms with Crippen LogP contribution in [0.5, 0.6) is 5.75 Å². The van der Waals surface area contributed by atoms with E-state index >= 15 is 0 Å². The maximum absolute atomic E-state index is 13.1. The number of nitrogens with zero attached hydrogens (tertiary/aromatic N) is 1. The number of carbonyl (C=O) groups is 2. The van der Waals surface area contributed by atoms with Gasteiger partial charge in [-0.15, -0.1) is 0 Å². The van der Waals surface area contributed by atoms with E-state index in [-0.39, 0.29) is 29.2 Å². The summed E-state index contributed by atoms with van der Waals surface area (Å²) in [6, 6.07) is 11.1. The molecular formula is C24H31N3O5S. The van der Waals surface area contributed by atoms with Crippen molar-refractivity contribution in [3.05, 3.63) is 53.6 Å². The zero-order valence-corrected chi connectivity index (χ0v) is 20.2. The van der Waals surface area contributed by atoms with E-state index in [0.29, 0.717) is 25.1 Å². The first-order valence-corrected chi connectivity index (χ1v) is 12.4. The molecular weight excluding hydrogens is 442 g/mol. The van der Waals surface area contributed by atoms with E-state index in [0.717, 1.165) is 16.8 Å². The van der Waals surface area contributed by atoms with Gasteiger partial charge in [0.25, 0.3) is 0 Å². The first-order valence-electron chi connectivity index (χ1n) is 10.9. The fourth-order valence-corrected chi connectivity index (χ4v) is 5.16. The number of benzene rings is 2. The molecule has 8 nitrogen and oxygen atoms in total. The number of hydrogen-bond donors (Lipinski definition) is 2. The lowest BCUT2D eigenvalue weighted by molar-refractivity contribution is -0.123. The molecule has 9 heteroatoms. The van der Waals surface area contributed by atoms with Crippen LogP contribution in [0.3, 0.4) is 0 Å². The van der Waals surface area contributed by atoms with E-state index in [1.807, 2.05) is 38.1 Å². The lowest BCUT2D eigenvalue weighted by Gasteiger charge is -2.21. The lowest BCUT2D eigenvalue weighted by Crippen LogP contribution is -2.47. The third-order valence-corrected chi connectivity index (χ3v) is 7.03. The molecule has 0 saturated carbocycles. The second kappa shape index (κ2) is 10.4. The van der Waals surface area contributed by atoms with Gasteiger partial charge in [-0.3, -0.25) is 9.59 Å². The zero-order valence-electron chi connectivity index (χ0n) is 19.4. The molecule has 0 aromatic heterocycles. The van der Waals surface area contributed by atoms with Crippen molar-refractivity contribution in [1.29, 1.82) is 0 Å². The second-order valence-electron chi connectivity index (χ2n) is 8.58. The van der Waals surface area contributed by atoms with Crippen LogP contribution in [0.1, 0.15) is 38.3 Å². The monoisotopic (exact) mass is 473 g/mol. The molecule has 1 unspecified atom stereocenters. The molecule has 2 aromatic carbocycles. The Labute approximate surface area is 195 Å². The predicted octanol–water partition coefficient (Wildman–Crippen LogP) is 2.61. The number of fused-ring (bicyclic) bond motifs is 1. The van der Waals surface area contributed by atoms with Gasteiger partial charge in [-0.25, -0.2) is 8.42 Å². The summed E-state index contributed by atoms with van der Waals surface area (Å²) in [5.74, 6) is 0.316. The highest BCUT2D eigenvalue weighted by molar-refractivity contribution is 7.89. The fourth-order valence-electron chi connectivity index (χ4n) is 3.90. The Hall–Kier alpha value is -2.91. The van der Waals surface area contributed by atoms with Crippen molar-refractivity contribution in [1.82, 2.24) is 10.0 Å². The molecule has 2 amide bonds. The Morgan fingerprint density at radius 2 is 1.91 bits per heavy atom. The average molecular weight is 474 g/mol. The average Bonchev–Trinajstić information content (AvgIpc) is 3.20. The molecule has 1 aliphatic heterocycles. The first kappa shape index (κ1) is 24.7. The Bertz CT molecular complexity index is 1130.